The van der Waals surface area contributed by atoms with Crippen LogP contribution in [0.15, 0.2) is 34.3 Å². The van der Waals surface area contributed by atoms with Crippen LogP contribution in [-0.4, -0.2) is 25.2 Å². The van der Waals surface area contributed by atoms with E-state index in [0.717, 1.165) is 0 Å². The maximum atomic E-state index is 12.0. The van der Waals surface area contributed by atoms with Gasteiger partial charge in [-0.2, -0.15) is 0 Å². The summed E-state index contributed by atoms with van der Waals surface area (Å²) in [6, 6.07) is 3.10. The molecule has 7 nitrogen and oxygen atoms in total. The number of hydrogen-bond donors (Lipinski definition) is 0. The monoisotopic (exact) mass is 296 g/mol. The van der Waals surface area contributed by atoms with Gasteiger partial charge in [-0.15, -0.1) is 0 Å². The van der Waals surface area contributed by atoms with Crippen molar-refractivity contribution >= 4 is 11.9 Å². The van der Waals surface area contributed by atoms with Gasteiger partial charge < -0.3 is 23.4 Å². The molecule has 1 aromatic heterocycles. The molecule has 1 atom stereocenters. The van der Waals surface area contributed by atoms with Gasteiger partial charge in [0.25, 0.3) is 5.76 Å². The maximum absolute atomic E-state index is 12.0. The predicted octanol–water partition coefficient (Wildman–Crippen LogP) is 1.84. The van der Waals surface area contributed by atoms with Crippen molar-refractivity contribution in [1.29, 1.82) is 0 Å². The van der Waals surface area contributed by atoms with Crippen molar-refractivity contribution in [3.8, 4) is 0 Å². The van der Waals surface area contributed by atoms with Crippen LogP contribution in [0.4, 0.5) is 0 Å². The number of cyclic esters (lactones) is 1. The van der Waals surface area contributed by atoms with E-state index in [1.54, 1.807) is 19.9 Å². The molecule has 2 heterocycles. The molecule has 0 spiro atoms. The molecule has 0 N–H and O–H groups in total. The zero-order valence-corrected chi connectivity index (χ0v) is 12.0. The Balaban J connectivity index is 2.57. The van der Waals surface area contributed by atoms with Crippen molar-refractivity contribution in [3.05, 3.63) is 35.7 Å². The number of furan rings is 1. The number of esters is 2. The second-order valence-corrected chi connectivity index (χ2v) is 4.10. The molecule has 0 saturated carbocycles. The van der Waals surface area contributed by atoms with E-state index >= 15 is 0 Å². The maximum Gasteiger partial charge on any atom is 0.381 e. The summed E-state index contributed by atoms with van der Waals surface area (Å²) >= 11 is 0. The van der Waals surface area contributed by atoms with E-state index in [2.05, 4.69) is 0 Å². The molecule has 0 aromatic carbocycles. The molecule has 0 aliphatic carbocycles. The quantitative estimate of drug-likeness (QED) is 0.740. The fraction of sp³-hybridized carbons (Fsp3) is 0.429. The van der Waals surface area contributed by atoms with Gasteiger partial charge in [-0.05, 0) is 26.0 Å². The van der Waals surface area contributed by atoms with E-state index in [4.69, 9.17) is 23.4 Å². The van der Waals surface area contributed by atoms with Crippen LogP contribution in [-0.2, 0) is 34.3 Å². The van der Waals surface area contributed by atoms with Crippen molar-refractivity contribution in [3.63, 3.8) is 0 Å². The summed E-state index contributed by atoms with van der Waals surface area (Å²) in [5.41, 5.74) is 0. The summed E-state index contributed by atoms with van der Waals surface area (Å²) in [4.78, 5) is 23.5. The van der Waals surface area contributed by atoms with Crippen molar-refractivity contribution in [2.45, 2.75) is 26.6 Å². The van der Waals surface area contributed by atoms with Crippen molar-refractivity contribution in [2.75, 3.05) is 13.2 Å². The third-order valence-corrected chi connectivity index (χ3v) is 2.64. The lowest BCUT2D eigenvalue weighted by molar-refractivity contribution is -0.225. The zero-order valence-electron chi connectivity index (χ0n) is 12.0. The van der Waals surface area contributed by atoms with Gasteiger partial charge >= 0.3 is 17.7 Å². The van der Waals surface area contributed by atoms with Crippen LogP contribution in [0, 0.1) is 0 Å². The highest BCUT2D eigenvalue weighted by Crippen LogP contribution is 2.43. The van der Waals surface area contributed by atoms with Gasteiger partial charge in [-0.3, -0.25) is 4.79 Å². The molecule has 0 bridgehead atoms. The molecule has 0 radical (unpaired) electrons. The van der Waals surface area contributed by atoms with Crippen molar-refractivity contribution in [1.82, 2.24) is 0 Å². The molecule has 114 valence electrons. The molecule has 1 aliphatic rings. The standard InChI is InChI=1S/C14H16O7/c1-4-17-11-12(18-5-2)14(20-9(3)15,21-13(11)16)10-7-6-8-19-10/h6-8H,4-5H2,1-3H3. The SMILES string of the molecule is CCOC1=C(OCC)C(OC(C)=O)(c2ccco2)OC1=O. The van der Waals surface area contributed by atoms with E-state index in [9.17, 15) is 9.59 Å². The highest BCUT2D eigenvalue weighted by molar-refractivity contribution is 5.90. The van der Waals surface area contributed by atoms with Crippen molar-refractivity contribution in [2.24, 2.45) is 0 Å². The van der Waals surface area contributed by atoms with Crippen LogP contribution in [0.5, 0.6) is 0 Å². The summed E-state index contributed by atoms with van der Waals surface area (Å²) in [5.74, 6) is -3.36. The third-order valence-electron chi connectivity index (χ3n) is 2.64. The van der Waals surface area contributed by atoms with Gasteiger partial charge in [0, 0.05) is 6.92 Å². The Labute approximate surface area is 121 Å². The van der Waals surface area contributed by atoms with Gasteiger partial charge in [0.15, 0.2) is 5.76 Å². The van der Waals surface area contributed by atoms with E-state index in [1.165, 1.54) is 19.3 Å². The second-order valence-electron chi connectivity index (χ2n) is 4.10. The molecule has 1 aliphatic heterocycles. The molecule has 1 unspecified atom stereocenters. The highest BCUT2D eigenvalue weighted by atomic mass is 16.8. The lowest BCUT2D eigenvalue weighted by Crippen LogP contribution is -2.35. The molecule has 2 rings (SSSR count). The van der Waals surface area contributed by atoms with Gasteiger partial charge in [0.05, 0.1) is 19.5 Å². The summed E-state index contributed by atoms with van der Waals surface area (Å²) in [6.07, 6.45) is 1.37. The van der Waals surface area contributed by atoms with Gasteiger partial charge in [-0.1, -0.05) is 0 Å². The number of hydrogen-bond acceptors (Lipinski definition) is 7. The Morgan fingerprint density at radius 3 is 2.52 bits per heavy atom. The number of rotatable bonds is 6. The fourth-order valence-electron chi connectivity index (χ4n) is 1.99. The average Bonchev–Trinajstić information content (AvgIpc) is 3.02. The smallest absolute Gasteiger partial charge is 0.381 e. The Kier molecular flexibility index (Phi) is 4.21. The first kappa shape index (κ1) is 15.0. The molecule has 0 fully saturated rings. The van der Waals surface area contributed by atoms with E-state index in [0.29, 0.717) is 0 Å². The lowest BCUT2D eigenvalue weighted by atomic mass is 10.1. The minimum Gasteiger partial charge on any atom is -0.487 e. The van der Waals surface area contributed by atoms with Crippen LogP contribution in [0.25, 0.3) is 0 Å². The minimum absolute atomic E-state index is 0.0259. The lowest BCUT2D eigenvalue weighted by Gasteiger charge is -2.26. The fourth-order valence-corrected chi connectivity index (χ4v) is 1.99. The second kappa shape index (κ2) is 5.90. The topological polar surface area (TPSA) is 84.2 Å². The van der Waals surface area contributed by atoms with Crippen LogP contribution in [0.3, 0.4) is 0 Å². The van der Waals surface area contributed by atoms with Gasteiger partial charge in [0.1, 0.15) is 0 Å². The van der Waals surface area contributed by atoms with E-state index in [1.807, 2.05) is 0 Å². The Hall–Kier alpha value is -2.44. The molecular weight excluding hydrogens is 280 g/mol. The number of carbonyl (C=O) groups excluding carboxylic acids is 2. The summed E-state index contributed by atoms with van der Waals surface area (Å²) in [6.45, 7) is 5.09. The Morgan fingerprint density at radius 1 is 1.29 bits per heavy atom. The average molecular weight is 296 g/mol. The Morgan fingerprint density at radius 2 is 2.00 bits per heavy atom. The van der Waals surface area contributed by atoms with Gasteiger partial charge in [0.2, 0.25) is 5.76 Å². The minimum atomic E-state index is -1.88. The normalized spacial score (nSPS) is 21.2. The molecule has 0 saturated heterocycles. The molecule has 21 heavy (non-hydrogen) atoms. The van der Waals surface area contributed by atoms with Crippen LogP contribution < -0.4 is 0 Å². The highest BCUT2D eigenvalue weighted by Gasteiger charge is 2.58. The van der Waals surface area contributed by atoms with Crippen molar-refractivity contribution < 1.29 is 33.0 Å². The van der Waals surface area contributed by atoms with E-state index in [-0.39, 0.29) is 30.5 Å². The first-order chi connectivity index (χ1) is 10.0. The molecule has 0 amide bonds. The predicted molar refractivity (Wildman–Crippen MR) is 68.5 cm³/mol. The van der Waals surface area contributed by atoms with Crippen LogP contribution >= 0.6 is 0 Å². The number of ether oxygens (including phenoxy) is 4. The Bertz CT molecular complexity index is 558. The summed E-state index contributed by atoms with van der Waals surface area (Å²) < 4.78 is 26.4. The van der Waals surface area contributed by atoms with Crippen LogP contribution in [0.1, 0.15) is 26.5 Å². The third kappa shape index (κ3) is 2.58. The van der Waals surface area contributed by atoms with Crippen LogP contribution in [0.2, 0.25) is 0 Å². The van der Waals surface area contributed by atoms with E-state index < -0.39 is 17.7 Å². The summed E-state index contributed by atoms with van der Waals surface area (Å²) in [5, 5.41) is 0. The first-order valence-electron chi connectivity index (χ1n) is 6.52. The largest absolute Gasteiger partial charge is 0.487 e. The van der Waals surface area contributed by atoms with Gasteiger partial charge in [-0.25, -0.2) is 4.79 Å². The number of carbonyl (C=O) groups is 2. The molecule has 1 aromatic rings. The first-order valence-corrected chi connectivity index (χ1v) is 6.52. The zero-order chi connectivity index (χ0) is 15.5. The summed E-state index contributed by atoms with van der Waals surface area (Å²) in [7, 11) is 0. The molecule has 7 heteroatoms. The molecular formula is C14H16O7.